The van der Waals surface area contributed by atoms with Gasteiger partial charge in [-0.2, -0.15) is 0 Å². The van der Waals surface area contributed by atoms with Gasteiger partial charge in [0, 0.05) is 5.88 Å². The fourth-order valence-corrected chi connectivity index (χ4v) is 4.47. The topological polar surface area (TPSA) is 96.2 Å². The van der Waals surface area contributed by atoms with Gasteiger partial charge in [-0.3, -0.25) is 0 Å². The third kappa shape index (κ3) is 6.17. The van der Waals surface area contributed by atoms with Gasteiger partial charge < -0.3 is 24.8 Å². The van der Waals surface area contributed by atoms with Crippen LogP contribution in [0.5, 0.6) is 0 Å². The van der Waals surface area contributed by atoms with E-state index >= 15 is 0 Å². The van der Waals surface area contributed by atoms with Crippen molar-refractivity contribution in [2.45, 2.75) is 44.2 Å². The number of alkyl halides is 1. The Morgan fingerprint density at radius 3 is 2.74 bits per heavy atom. The van der Waals surface area contributed by atoms with E-state index in [4.69, 9.17) is 26.2 Å². The molecular formula is C15H25ClO6Si. The largest absolute Gasteiger partial charge is 0.499 e. The van der Waals surface area contributed by atoms with Crippen LogP contribution in [-0.4, -0.2) is 60.7 Å². The summed E-state index contributed by atoms with van der Waals surface area (Å²) >= 11 is 5.68. The van der Waals surface area contributed by atoms with E-state index in [0.717, 1.165) is 18.9 Å². The van der Waals surface area contributed by atoms with Crippen molar-refractivity contribution in [2.24, 2.45) is 0 Å². The monoisotopic (exact) mass is 364 g/mol. The summed E-state index contributed by atoms with van der Waals surface area (Å²) in [4.78, 5) is 11.3. The molecule has 0 saturated carbocycles. The Bertz CT molecular complexity index is 463. The minimum absolute atomic E-state index is 0.136. The number of ether oxygens (including phenoxy) is 2. The fraction of sp³-hybridized carbons (Fsp3) is 0.667. The molecule has 0 amide bonds. The first-order chi connectivity index (χ1) is 10.8. The molecule has 0 fully saturated rings. The lowest BCUT2D eigenvalue weighted by molar-refractivity contribution is -0.148. The van der Waals surface area contributed by atoms with Gasteiger partial charge in [-0.15, -0.1) is 11.6 Å². The van der Waals surface area contributed by atoms with Crippen molar-refractivity contribution >= 4 is 25.6 Å². The quantitative estimate of drug-likeness (QED) is 0.237. The molecule has 0 radical (unpaired) electrons. The van der Waals surface area contributed by atoms with Gasteiger partial charge in [-0.1, -0.05) is 37.3 Å². The van der Waals surface area contributed by atoms with Crippen LogP contribution in [0.3, 0.4) is 0 Å². The summed E-state index contributed by atoms with van der Waals surface area (Å²) in [5, 5.41) is 28.2. The van der Waals surface area contributed by atoms with E-state index < -0.39 is 38.6 Å². The van der Waals surface area contributed by atoms with Crippen LogP contribution in [0, 0.1) is 0 Å². The number of halogens is 1. The van der Waals surface area contributed by atoms with Crippen LogP contribution in [0.25, 0.3) is 0 Å². The summed E-state index contributed by atoms with van der Waals surface area (Å²) in [5.74, 6) is -1.08. The van der Waals surface area contributed by atoms with E-state index in [1.165, 1.54) is 0 Å². The Morgan fingerprint density at radius 2 is 2.13 bits per heavy atom. The molecule has 3 N–H and O–H groups in total. The Hall–Kier alpha value is -1.02. The van der Waals surface area contributed by atoms with Crippen molar-refractivity contribution in [3.05, 3.63) is 23.3 Å². The smallest absolute Gasteiger partial charge is 0.378 e. The fourth-order valence-electron chi connectivity index (χ4n) is 2.22. The molecule has 0 unspecified atom stereocenters. The van der Waals surface area contributed by atoms with Crippen molar-refractivity contribution in [3.8, 4) is 0 Å². The van der Waals surface area contributed by atoms with Crippen molar-refractivity contribution in [1.29, 1.82) is 0 Å². The van der Waals surface area contributed by atoms with Crippen LogP contribution in [0.15, 0.2) is 23.3 Å². The van der Waals surface area contributed by atoms with Crippen molar-refractivity contribution in [2.75, 3.05) is 19.1 Å². The second kappa shape index (κ2) is 9.32. The summed E-state index contributed by atoms with van der Waals surface area (Å²) in [6, 6.07) is 1.12. The lowest BCUT2D eigenvalue weighted by Gasteiger charge is -2.19. The van der Waals surface area contributed by atoms with Crippen LogP contribution in [-0.2, 0) is 14.3 Å². The molecule has 0 aromatic carbocycles. The van der Waals surface area contributed by atoms with Crippen LogP contribution in [0.1, 0.15) is 12.8 Å². The van der Waals surface area contributed by atoms with Gasteiger partial charge in [0.2, 0.25) is 5.76 Å². The van der Waals surface area contributed by atoms with Crippen molar-refractivity contribution in [3.63, 3.8) is 0 Å². The Balaban J connectivity index is 2.55. The molecule has 1 heterocycles. The zero-order chi connectivity index (χ0) is 17.5. The first kappa shape index (κ1) is 20.0. The van der Waals surface area contributed by atoms with E-state index in [-0.39, 0.29) is 12.4 Å². The highest BCUT2D eigenvalue weighted by Gasteiger charge is 2.40. The minimum Gasteiger partial charge on any atom is -0.499 e. The van der Waals surface area contributed by atoms with Crippen LogP contribution >= 0.6 is 11.6 Å². The molecule has 0 spiro atoms. The van der Waals surface area contributed by atoms with Gasteiger partial charge in [0.1, 0.15) is 12.7 Å². The number of aliphatic hydroxyl groups excluding tert-OH is 3. The Labute approximate surface area is 142 Å². The third-order valence-corrected chi connectivity index (χ3v) is 6.61. The first-order valence-corrected chi connectivity index (χ1v) is 11.4. The van der Waals surface area contributed by atoms with E-state index in [2.05, 4.69) is 18.8 Å². The lowest BCUT2D eigenvalue weighted by Crippen LogP contribution is -2.32. The third-order valence-electron chi connectivity index (χ3n) is 3.56. The number of rotatable bonds is 10. The average Bonchev–Trinajstić information content (AvgIpc) is 2.79. The second-order valence-corrected chi connectivity index (χ2v) is 11.3. The van der Waals surface area contributed by atoms with Gasteiger partial charge in [-0.25, -0.2) is 4.79 Å². The predicted molar refractivity (Wildman–Crippen MR) is 90.0 cm³/mol. The van der Waals surface area contributed by atoms with E-state index in [0.29, 0.717) is 5.88 Å². The molecule has 1 aliphatic rings. The van der Waals surface area contributed by atoms with Crippen molar-refractivity contribution < 1.29 is 29.6 Å². The molecule has 0 aliphatic carbocycles. The standard InChI is InChI=1S/C15H25ClO6Si/c1-23(2,8-4-3-6-16)9-5-7-21-14-12(19)15(20)22-13(14)11(18)10-17/h5,9,11,13,17-19H,3-4,6-8,10H2,1-2H3/b9-5+/t11-,13+/m0/s1. The highest BCUT2D eigenvalue weighted by molar-refractivity contribution is 6.82. The maximum absolute atomic E-state index is 11.3. The van der Waals surface area contributed by atoms with Crippen molar-refractivity contribution in [1.82, 2.24) is 0 Å². The van der Waals surface area contributed by atoms with Crippen LogP contribution in [0.4, 0.5) is 0 Å². The molecule has 2 atom stereocenters. The van der Waals surface area contributed by atoms with Gasteiger partial charge in [0.25, 0.3) is 0 Å². The molecule has 0 aromatic heterocycles. The Kier molecular flexibility index (Phi) is 8.11. The molecule has 0 bridgehead atoms. The van der Waals surface area contributed by atoms with Gasteiger partial charge in [0.15, 0.2) is 11.9 Å². The Morgan fingerprint density at radius 1 is 1.43 bits per heavy atom. The summed E-state index contributed by atoms with van der Waals surface area (Å²) in [7, 11) is -1.48. The van der Waals surface area contributed by atoms with E-state index in [1.54, 1.807) is 0 Å². The highest BCUT2D eigenvalue weighted by Crippen LogP contribution is 2.25. The molecule has 6 nitrogen and oxygen atoms in total. The molecule has 0 aromatic rings. The maximum Gasteiger partial charge on any atom is 0.378 e. The molecular weight excluding hydrogens is 340 g/mol. The van der Waals surface area contributed by atoms with Gasteiger partial charge >= 0.3 is 5.97 Å². The number of carbonyl (C=O) groups excluding carboxylic acids is 1. The molecule has 23 heavy (non-hydrogen) atoms. The lowest BCUT2D eigenvalue weighted by atomic mass is 10.2. The first-order valence-electron chi connectivity index (χ1n) is 7.62. The number of unbranched alkanes of at least 4 members (excludes halogenated alkanes) is 1. The summed E-state index contributed by atoms with van der Waals surface area (Å²) < 4.78 is 10.1. The SMILES string of the molecule is C[Si](C)(/C=C/COC1=C(O)C(=O)O[C@@H]1[C@@H](O)CO)CCCCCl. The number of hydrogen-bond acceptors (Lipinski definition) is 6. The summed E-state index contributed by atoms with van der Waals surface area (Å²) in [5.41, 5.74) is 2.13. The molecule has 1 aliphatic heterocycles. The van der Waals surface area contributed by atoms with Crippen LogP contribution < -0.4 is 0 Å². The molecule has 0 saturated heterocycles. The number of aliphatic hydroxyl groups is 3. The van der Waals surface area contributed by atoms with Gasteiger partial charge in [-0.05, 0) is 6.42 Å². The number of hydrogen-bond donors (Lipinski definition) is 3. The summed E-state index contributed by atoms with van der Waals surface area (Å²) in [6.45, 7) is 4.01. The minimum atomic E-state index is -1.48. The van der Waals surface area contributed by atoms with E-state index in [9.17, 15) is 15.0 Å². The second-order valence-electron chi connectivity index (χ2n) is 6.14. The average molecular weight is 365 g/mol. The normalized spacial score (nSPS) is 20.2. The highest BCUT2D eigenvalue weighted by atomic mass is 35.5. The molecule has 132 valence electrons. The zero-order valence-corrected chi connectivity index (χ0v) is 15.3. The predicted octanol–water partition coefficient (Wildman–Crippen LogP) is 1.87. The zero-order valence-electron chi connectivity index (χ0n) is 13.5. The summed E-state index contributed by atoms with van der Waals surface area (Å²) in [6.07, 6.45) is 1.44. The number of esters is 1. The number of cyclic esters (lactones) is 1. The molecule has 1 rings (SSSR count). The van der Waals surface area contributed by atoms with Crippen LogP contribution in [0.2, 0.25) is 19.1 Å². The maximum atomic E-state index is 11.3. The van der Waals surface area contributed by atoms with E-state index in [1.807, 2.05) is 6.08 Å². The van der Waals surface area contributed by atoms with Gasteiger partial charge in [0.05, 0.1) is 14.7 Å². The molecule has 8 heteroatoms. The number of carbonyl (C=O) groups is 1.